The molecule has 2 atom stereocenters. The van der Waals surface area contributed by atoms with E-state index in [1.54, 1.807) is 6.20 Å². The maximum absolute atomic E-state index is 10.6. The van der Waals surface area contributed by atoms with Gasteiger partial charge in [0, 0.05) is 25.0 Å². The van der Waals surface area contributed by atoms with Crippen LogP contribution >= 0.6 is 0 Å². The minimum Gasteiger partial charge on any atom is -0.388 e. The zero-order valence-corrected chi connectivity index (χ0v) is 13.8. The van der Waals surface area contributed by atoms with Gasteiger partial charge in [0.25, 0.3) is 0 Å². The Morgan fingerprint density at radius 1 is 1.29 bits per heavy atom. The number of fused-ring (bicyclic) bond motifs is 1. The van der Waals surface area contributed by atoms with Gasteiger partial charge in [0.15, 0.2) is 5.82 Å². The Kier molecular flexibility index (Phi) is 3.94. The van der Waals surface area contributed by atoms with Gasteiger partial charge in [0.2, 0.25) is 0 Å². The summed E-state index contributed by atoms with van der Waals surface area (Å²) in [5.74, 6) is 0.973. The molecule has 1 aliphatic heterocycles. The zero-order chi connectivity index (χ0) is 16.5. The minimum absolute atomic E-state index is 0.300. The van der Waals surface area contributed by atoms with Crippen molar-refractivity contribution in [3.05, 3.63) is 60.0 Å². The van der Waals surface area contributed by atoms with Gasteiger partial charge in [-0.2, -0.15) is 5.10 Å². The normalized spacial score (nSPS) is 19.1. The van der Waals surface area contributed by atoms with E-state index in [2.05, 4.69) is 21.0 Å². The maximum Gasteiger partial charge on any atom is 0.154 e. The molecule has 0 spiro atoms. The maximum atomic E-state index is 10.6. The highest BCUT2D eigenvalue weighted by Crippen LogP contribution is 2.32. The molecule has 5 nitrogen and oxygen atoms in total. The van der Waals surface area contributed by atoms with Crippen LogP contribution in [-0.4, -0.2) is 32.3 Å². The third-order valence-corrected chi connectivity index (χ3v) is 4.82. The van der Waals surface area contributed by atoms with Gasteiger partial charge in [-0.3, -0.25) is 0 Å². The fraction of sp³-hybridized carbons (Fsp3) is 0.368. The highest BCUT2D eigenvalue weighted by Gasteiger charge is 2.29. The van der Waals surface area contributed by atoms with Crippen LogP contribution in [0, 0.1) is 6.92 Å². The number of aliphatic hydroxyl groups is 1. The summed E-state index contributed by atoms with van der Waals surface area (Å²) in [5, 5.41) is 15.1. The molecule has 1 aromatic carbocycles. The summed E-state index contributed by atoms with van der Waals surface area (Å²) in [7, 11) is 0. The number of aliphatic hydroxyl groups excluding tert-OH is 1. The predicted octanol–water partition coefficient (Wildman–Crippen LogP) is 3.13. The first-order valence-electron chi connectivity index (χ1n) is 8.53. The van der Waals surface area contributed by atoms with Crippen LogP contribution in [0.25, 0.3) is 5.52 Å². The Bertz CT molecular complexity index is 830. The molecule has 3 heterocycles. The Morgan fingerprint density at radius 3 is 2.96 bits per heavy atom. The van der Waals surface area contributed by atoms with Gasteiger partial charge in [-0.05, 0) is 37.8 Å². The first-order chi connectivity index (χ1) is 11.7. The van der Waals surface area contributed by atoms with Crippen molar-refractivity contribution in [3.63, 3.8) is 0 Å². The van der Waals surface area contributed by atoms with Crippen molar-refractivity contribution in [3.8, 4) is 0 Å². The molecule has 5 heteroatoms. The van der Waals surface area contributed by atoms with Gasteiger partial charge in [-0.25, -0.2) is 9.50 Å². The molecule has 24 heavy (non-hydrogen) atoms. The number of benzene rings is 1. The van der Waals surface area contributed by atoms with E-state index >= 15 is 0 Å². The van der Waals surface area contributed by atoms with E-state index in [4.69, 9.17) is 0 Å². The van der Waals surface area contributed by atoms with E-state index in [-0.39, 0.29) is 0 Å². The molecule has 2 aromatic heterocycles. The third kappa shape index (κ3) is 2.76. The number of aryl methyl sites for hydroxylation is 1. The molecule has 1 saturated heterocycles. The summed E-state index contributed by atoms with van der Waals surface area (Å²) in [6.07, 6.45) is 6.18. The fourth-order valence-electron chi connectivity index (χ4n) is 3.68. The lowest BCUT2D eigenvalue weighted by molar-refractivity contribution is 0.158. The van der Waals surface area contributed by atoms with Crippen LogP contribution in [-0.2, 0) is 0 Å². The summed E-state index contributed by atoms with van der Waals surface area (Å²) >= 11 is 0. The number of hydrogen-bond donors (Lipinski definition) is 1. The fourth-order valence-corrected chi connectivity index (χ4v) is 3.68. The van der Waals surface area contributed by atoms with Crippen molar-refractivity contribution < 1.29 is 5.11 Å². The zero-order valence-electron chi connectivity index (χ0n) is 13.8. The molecule has 124 valence electrons. The van der Waals surface area contributed by atoms with Gasteiger partial charge in [0.05, 0.1) is 11.8 Å². The molecule has 0 bridgehead atoms. The van der Waals surface area contributed by atoms with Crippen LogP contribution in [0.2, 0.25) is 0 Å². The average Bonchev–Trinajstić information content (AvgIpc) is 3.20. The molecule has 4 rings (SSSR count). The Labute approximate surface area is 141 Å². The molecule has 1 aliphatic rings. The number of nitrogens with zero attached hydrogens (tertiary/aromatic N) is 4. The van der Waals surface area contributed by atoms with Crippen molar-refractivity contribution in [1.29, 1.82) is 0 Å². The van der Waals surface area contributed by atoms with E-state index in [1.165, 1.54) is 0 Å². The van der Waals surface area contributed by atoms with Crippen LogP contribution in [0.15, 0.2) is 48.8 Å². The standard InChI is InChI=1S/C19H22N4O/c1-14-12-17-19(20-9-11-23(17)21-14)22-10-5-8-16(22)13-18(24)15-6-3-2-4-7-15/h2-4,6-7,9,11-12,16,18,24H,5,8,10,13H2,1H3. The Hall–Kier alpha value is -2.40. The van der Waals surface area contributed by atoms with Crippen molar-refractivity contribution >= 4 is 11.3 Å². The summed E-state index contributed by atoms with van der Waals surface area (Å²) in [6, 6.07) is 12.3. The van der Waals surface area contributed by atoms with Gasteiger partial charge in [-0.15, -0.1) is 0 Å². The molecular formula is C19H22N4O. The van der Waals surface area contributed by atoms with Crippen LogP contribution in [0.3, 0.4) is 0 Å². The first-order valence-corrected chi connectivity index (χ1v) is 8.53. The summed E-state index contributed by atoms with van der Waals surface area (Å²) in [5.41, 5.74) is 3.01. The summed E-state index contributed by atoms with van der Waals surface area (Å²) < 4.78 is 1.89. The van der Waals surface area contributed by atoms with Crippen LogP contribution in [0.1, 0.15) is 36.6 Å². The third-order valence-electron chi connectivity index (χ3n) is 4.82. The van der Waals surface area contributed by atoms with Gasteiger partial charge >= 0.3 is 0 Å². The highest BCUT2D eigenvalue weighted by molar-refractivity contribution is 5.69. The second-order valence-electron chi connectivity index (χ2n) is 6.52. The number of rotatable bonds is 4. The first kappa shape index (κ1) is 15.1. The van der Waals surface area contributed by atoms with E-state index in [1.807, 2.05) is 48.0 Å². The predicted molar refractivity (Wildman–Crippen MR) is 94.1 cm³/mol. The van der Waals surface area contributed by atoms with Crippen LogP contribution in [0.4, 0.5) is 5.82 Å². The van der Waals surface area contributed by atoms with Crippen molar-refractivity contribution in [2.24, 2.45) is 0 Å². The van der Waals surface area contributed by atoms with E-state index < -0.39 is 6.10 Å². The highest BCUT2D eigenvalue weighted by atomic mass is 16.3. The quantitative estimate of drug-likeness (QED) is 0.802. The molecule has 1 N–H and O–H groups in total. The van der Waals surface area contributed by atoms with Gasteiger partial charge in [0.1, 0.15) is 5.52 Å². The SMILES string of the molecule is Cc1cc2c(N3CCCC3CC(O)c3ccccc3)nccn2n1. The molecular weight excluding hydrogens is 300 g/mol. The van der Waals surface area contributed by atoms with Gasteiger partial charge < -0.3 is 10.0 Å². The molecule has 0 aliphatic carbocycles. The minimum atomic E-state index is -0.442. The molecule has 1 fully saturated rings. The van der Waals surface area contributed by atoms with Gasteiger partial charge in [-0.1, -0.05) is 30.3 Å². The number of aromatic nitrogens is 3. The Balaban J connectivity index is 1.60. The largest absolute Gasteiger partial charge is 0.388 e. The lowest BCUT2D eigenvalue weighted by Gasteiger charge is -2.28. The molecule has 0 amide bonds. The molecule has 0 radical (unpaired) electrons. The second-order valence-corrected chi connectivity index (χ2v) is 6.52. The number of anilines is 1. The lowest BCUT2D eigenvalue weighted by Crippen LogP contribution is -2.31. The summed E-state index contributed by atoms with van der Waals surface area (Å²) in [4.78, 5) is 6.95. The number of hydrogen-bond acceptors (Lipinski definition) is 4. The second kappa shape index (κ2) is 6.24. The van der Waals surface area contributed by atoms with E-state index in [0.717, 1.165) is 48.4 Å². The van der Waals surface area contributed by atoms with Crippen molar-refractivity contribution in [2.45, 2.75) is 38.3 Å². The van der Waals surface area contributed by atoms with E-state index in [9.17, 15) is 5.11 Å². The topological polar surface area (TPSA) is 53.7 Å². The monoisotopic (exact) mass is 322 g/mol. The average molecular weight is 322 g/mol. The van der Waals surface area contributed by atoms with Crippen LogP contribution in [0.5, 0.6) is 0 Å². The molecule has 3 aromatic rings. The molecule has 0 saturated carbocycles. The van der Waals surface area contributed by atoms with Crippen molar-refractivity contribution in [2.75, 3.05) is 11.4 Å². The smallest absolute Gasteiger partial charge is 0.154 e. The lowest BCUT2D eigenvalue weighted by atomic mass is 10.0. The molecule has 2 unspecified atom stereocenters. The summed E-state index contributed by atoms with van der Waals surface area (Å²) in [6.45, 7) is 2.97. The van der Waals surface area contributed by atoms with Crippen LogP contribution < -0.4 is 4.90 Å². The Morgan fingerprint density at radius 2 is 2.12 bits per heavy atom. The van der Waals surface area contributed by atoms with Crippen molar-refractivity contribution in [1.82, 2.24) is 14.6 Å². The van der Waals surface area contributed by atoms with E-state index in [0.29, 0.717) is 6.04 Å².